The molecule has 1 aromatic carbocycles. The highest BCUT2D eigenvalue weighted by Gasteiger charge is 2.08. The van der Waals surface area contributed by atoms with E-state index >= 15 is 0 Å². The zero-order valence-corrected chi connectivity index (χ0v) is 9.29. The fraction of sp³-hybridized carbons (Fsp3) is 0.538. The van der Waals surface area contributed by atoms with Crippen molar-refractivity contribution in [3.63, 3.8) is 0 Å². The molecule has 0 saturated carbocycles. The summed E-state index contributed by atoms with van der Waals surface area (Å²) in [5.41, 5.74) is 1.47. The Morgan fingerprint density at radius 3 is 2.50 bits per heavy atom. The van der Waals surface area contributed by atoms with Crippen LogP contribution in [0.15, 0.2) is 30.3 Å². The first-order valence-electron chi connectivity index (χ1n) is 5.58. The van der Waals surface area contributed by atoms with Gasteiger partial charge in [-0.25, -0.2) is 0 Å². The first-order chi connectivity index (χ1) is 6.88. The van der Waals surface area contributed by atoms with Crippen LogP contribution in [0.2, 0.25) is 0 Å². The molecule has 0 aromatic heterocycles. The second-order valence-corrected chi connectivity index (χ2v) is 3.81. The molecule has 0 aliphatic carbocycles. The number of likely N-dealkylation sites (N-methyl/N-ethyl adjacent to an activating group) is 1. The Bertz CT molecular complexity index is 230. The predicted octanol–water partition coefficient (Wildman–Crippen LogP) is 3.18. The second-order valence-electron chi connectivity index (χ2n) is 3.81. The van der Waals surface area contributed by atoms with Crippen LogP contribution in [0.1, 0.15) is 37.7 Å². The summed E-state index contributed by atoms with van der Waals surface area (Å²) in [6.07, 6.45) is 3.90. The molecule has 0 heterocycles. The van der Waals surface area contributed by atoms with E-state index in [0.29, 0.717) is 5.92 Å². The smallest absolute Gasteiger partial charge is 0.00171 e. The summed E-state index contributed by atoms with van der Waals surface area (Å²) in [6.45, 7) is 3.34. The number of unbranched alkanes of at least 4 members (excludes halogenated alkanes) is 1. The van der Waals surface area contributed by atoms with Crippen LogP contribution in [0.4, 0.5) is 0 Å². The molecule has 1 aromatic rings. The summed E-state index contributed by atoms with van der Waals surface area (Å²) in [6, 6.07) is 10.8. The Kier molecular flexibility index (Phi) is 5.31. The number of benzene rings is 1. The van der Waals surface area contributed by atoms with Crippen LogP contribution in [0.5, 0.6) is 0 Å². The molecular weight excluding hydrogens is 170 g/mol. The van der Waals surface area contributed by atoms with E-state index in [2.05, 4.69) is 42.6 Å². The van der Waals surface area contributed by atoms with Crippen LogP contribution in [0.3, 0.4) is 0 Å². The van der Waals surface area contributed by atoms with Crippen molar-refractivity contribution in [2.24, 2.45) is 0 Å². The van der Waals surface area contributed by atoms with Crippen molar-refractivity contribution in [3.05, 3.63) is 35.9 Å². The Morgan fingerprint density at radius 1 is 1.21 bits per heavy atom. The average molecular weight is 191 g/mol. The van der Waals surface area contributed by atoms with Gasteiger partial charge < -0.3 is 5.32 Å². The summed E-state index contributed by atoms with van der Waals surface area (Å²) in [5, 5.41) is 3.28. The minimum atomic E-state index is 0.682. The van der Waals surface area contributed by atoms with Crippen molar-refractivity contribution >= 4 is 0 Å². The molecule has 0 radical (unpaired) electrons. The minimum Gasteiger partial charge on any atom is -0.319 e. The van der Waals surface area contributed by atoms with Crippen LogP contribution < -0.4 is 5.32 Å². The third-order valence-corrected chi connectivity index (χ3v) is 2.63. The maximum Gasteiger partial charge on any atom is 0.00171 e. The maximum atomic E-state index is 3.28. The SMILES string of the molecule is CCCCC(CNC)c1ccccc1. The lowest BCUT2D eigenvalue weighted by Crippen LogP contribution is -2.17. The van der Waals surface area contributed by atoms with E-state index in [-0.39, 0.29) is 0 Å². The fourth-order valence-electron chi connectivity index (χ4n) is 1.81. The minimum absolute atomic E-state index is 0.682. The van der Waals surface area contributed by atoms with E-state index < -0.39 is 0 Å². The summed E-state index contributed by atoms with van der Waals surface area (Å²) in [4.78, 5) is 0. The quantitative estimate of drug-likeness (QED) is 0.728. The van der Waals surface area contributed by atoms with E-state index in [1.54, 1.807) is 0 Å². The number of rotatable bonds is 6. The van der Waals surface area contributed by atoms with Gasteiger partial charge in [0.2, 0.25) is 0 Å². The molecule has 1 N–H and O–H groups in total. The maximum absolute atomic E-state index is 3.28. The molecule has 0 aliphatic heterocycles. The van der Waals surface area contributed by atoms with E-state index in [1.165, 1.54) is 24.8 Å². The van der Waals surface area contributed by atoms with Gasteiger partial charge in [0, 0.05) is 6.54 Å². The molecular formula is C13H21N. The second kappa shape index (κ2) is 6.61. The van der Waals surface area contributed by atoms with E-state index in [9.17, 15) is 0 Å². The van der Waals surface area contributed by atoms with Gasteiger partial charge in [-0.3, -0.25) is 0 Å². The molecule has 1 unspecified atom stereocenters. The molecule has 0 amide bonds. The highest BCUT2D eigenvalue weighted by atomic mass is 14.8. The predicted molar refractivity (Wildman–Crippen MR) is 62.6 cm³/mol. The molecule has 1 heteroatoms. The zero-order valence-electron chi connectivity index (χ0n) is 9.29. The zero-order chi connectivity index (χ0) is 10.2. The molecule has 0 fully saturated rings. The lowest BCUT2D eigenvalue weighted by atomic mass is 9.94. The van der Waals surface area contributed by atoms with E-state index in [1.807, 2.05) is 7.05 Å². The Labute approximate surface area is 87.5 Å². The normalized spacial score (nSPS) is 12.7. The van der Waals surface area contributed by atoms with Crippen molar-refractivity contribution in [1.29, 1.82) is 0 Å². The molecule has 1 atom stereocenters. The van der Waals surface area contributed by atoms with E-state index in [4.69, 9.17) is 0 Å². The Morgan fingerprint density at radius 2 is 1.93 bits per heavy atom. The highest BCUT2D eigenvalue weighted by molar-refractivity contribution is 5.19. The van der Waals surface area contributed by atoms with E-state index in [0.717, 1.165) is 6.54 Å². The standard InChI is InChI=1S/C13H21N/c1-3-4-8-13(11-14-2)12-9-6-5-7-10-12/h5-7,9-10,13-14H,3-4,8,11H2,1-2H3. The molecule has 14 heavy (non-hydrogen) atoms. The first-order valence-corrected chi connectivity index (χ1v) is 5.58. The third kappa shape index (κ3) is 3.51. The largest absolute Gasteiger partial charge is 0.319 e. The van der Waals surface area contributed by atoms with Crippen molar-refractivity contribution in [3.8, 4) is 0 Å². The lowest BCUT2D eigenvalue weighted by Gasteiger charge is -2.16. The van der Waals surface area contributed by atoms with Gasteiger partial charge in [-0.2, -0.15) is 0 Å². The molecule has 1 rings (SSSR count). The van der Waals surface area contributed by atoms with Gasteiger partial charge in [-0.05, 0) is 24.9 Å². The number of hydrogen-bond acceptors (Lipinski definition) is 1. The van der Waals surface area contributed by atoms with Gasteiger partial charge in [-0.15, -0.1) is 0 Å². The van der Waals surface area contributed by atoms with Crippen LogP contribution in [0, 0.1) is 0 Å². The van der Waals surface area contributed by atoms with Crippen molar-refractivity contribution in [2.75, 3.05) is 13.6 Å². The highest BCUT2D eigenvalue weighted by Crippen LogP contribution is 2.20. The van der Waals surface area contributed by atoms with Gasteiger partial charge in [-0.1, -0.05) is 50.1 Å². The van der Waals surface area contributed by atoms with Crippen LogP contribution in [-0.2, 0) is 0 Å². The lowest BCUT2D eigenvalue weighted by molar-refractivity contribution is 0.555. The molecule has 0 aliphatic rings. The number of hydrogen-bond donors (Lipinski definition) is 1. The molecule has 0 bridgehead atoms. The fourth-order valence-corrected chi connectivity index (χ4v) is 1.81. The van der Waals surface area contributed by atoms with Gasteiger partial charge in [0.25, 0.3) is 0 Å². The summed E-state index contributed by atoms with van der Waals surface area (Å²) in [7, 11) is 2.03. The van der Waals surface area contributed by atoms with Crippen molar-refractivity contribution in [1.82, 2.24) is 5.32 Å². The molecule has 1 nitrogen and oxygen atoms in total. The van der Waals surface area contributed by atoms with Crippen molar-refractivity contribution < 1.29 is 0 Å². The monoisotopic (exact) mass is 191 g/mol. The third-order valence-electron chi connectivity index (χ3n) is 2.63. The van der Waals surface area contributed by atoms with Gasteiger partial charge >= 0.3 is 0 Å². The summed E-state index contributed by atoms with van der Waals surface area (Å²) >= 11 is 0. The van der Waals surface area contributed by atoms with Crippen molar-refractivity contribution in [2.45, 2.75) is 32.1 Å². The molecule has 0 spiro atoms. The van der Waals surface area contributed by atoms with Gasteiger partial charge in [0.05, 0.1) is 0 Å². The van der Waals surface area contributed by atoms with Crippen LogP contribution in [-0.4, -0.2) is 13.6 Å². The summed E-state index contributed by atoms with van der Waals surface area (Å²) < 4.78 is 0. The summed E-state index contributed by atoms with van der Waals surface area (Å²) in [5.74, 6) is 0.682. The average Bonchev–Trinajstić information content (AvgIpc) is 2.25. The number of nitrogens with one attached hydrogen (secondary N) is 1. The van der Waals surface area contributed by atoms with Crippen LogP contribution in [0.25, 0.3) is 0 Å². The Balaban J connectivity index is 2.58. The Hall–Kier alpha value is -0.820. The topological polar surface area (TPSA) is 12.0 Å². The van der Waals surface area contributed by atoms with Gasteiger partial charge in [0.1, 0.15) is 0 Å². The molecule has 78 valence electrons. The molecule has 0 saturated heterocycles. The van der Waals surface area contributed by atoms with Gasteiger partial charge in [0.15, 0.2) is 0 Å². The van der Waals surface area contributed by atoms with Crippen LogP contribution >= 0.6 is 0 Å². The first kappa shape index (κ1) is 11.3.